The van der Waals surface area contributed by atoms with E-state index in [0.29, 0.717) is 19.3 Å². The number of rotatable bonds is 4. The van der Waals surface area contributed by atoms with Crippen LogP contribution in [0.15, 0.2) is 11.6 Å². The Bertz CT molecular complexity index is 941. The van der Waals surface area contributed by atoms with E-state index in [9.17, 15) is 33.3 Å². The first-order valence-electron chi connectivity index (χ1n) is 10.9. The van der Waals surface area contributed by atoms with Gasteiger partial charge in [-0.05, 0) is 55.9 Å². The van der Waals surface area contributed by atoms with Crippen molar-refractivity contribution in [2.75, 3.05) is 12.9 Å². The van der Waals surface area contributed by atoms with Crippen molar-refractivity contribution in [3.63, 3.8) is 0 Å². The van der Waals surface area contributed by atoms with Crippen LogP contribution >= 0.6 is 0 Å². The van der Waals surface area contributed by atoms with E-state index in [1.807, 2.05) is 13.8 Å². The molecule has 3 N–H and O–H groups in total. The number of Topliss-reactive ketones (excluding diaryl/α,β-unsaturated/α-hetero) is 1. The third kappa shape index (κ3) is 3.19. The summed E-state index contributed by atoms with van der Waals surface area (Å²) >= 11 is 0. The van der Waals surface area contributed by atoms with Gasteiger partial charge in [-0.3, -0.25) is 13.8 Å². The quantitative estimate of drug-likeness (QED) is 0.527. The van der Waals surface area contributed by atoms with Gasteiger partial charge in [-0.15, -0.1) is 0 Å². The molecule has 0 aliphatic heterocycles. The lowest BCUT2D eigenvalue weighted by Crippen LogP contribution is -2.64. The lowest BCUT2D eigenvalue weighted by atomic mass is 9.45. The second kappa shape index (κ2) is 7.18. The highest BCUT2D eigenvalue weighted by Crippen LogP contribution is 2.67. The van der Waals surface area contributed by atoms with Gasteiger partial charge in [0.2, 0.25) is 0 Å². The molecule has 0 aromatic heterocycles. The van der Waals surface area contributed by atoms with Gasteiger partial charge >= 0.3 is 0 Å². The van der Waals surface area contributed by atoms with Gasteiger partial charge in [0, 0.05) is 17.3 Å². The summed E-state index contributed by atoms with van der Waals surface area (Å²) in [6.07, 6.45) is 2.86. The topological polar surface area (TPSA) is 138 Å². The average Bonchev–Trinajstić information content (AvgIpc) is 2.92. The first kappa shape index (κ1) is 23.0. The molecule has 3 fully saturated rings. The number of ketones is 2. The van der Waals surface area contributed by atoms with Crippen molar-refractivity contribution in [1.29, 1.82) is 0 Å². The van der Waals surface area contributed by atoms with Gasteiger partial charge in [-0.25, -0.2) is 0 Å². The molecule has 0 spiro atoms. The number of carbonyl (C=O) groups excluding carboxylic acids is 2. The summed E-state index contributed by atoms with van der Waals surface area (Å²) in [5.41, 5.74) is -2.62. The van der Waals surface area contributed by atoms with Crippen LogP contribution in [0.5, 0.6) is 0 Å². The molecule has 0 radical (unpaired) electrons. The number of carbonyl (C=O) groups is 2. The number of aliphatic hydroxyl groups excluding tert-OH is 2. The minimum atomic E-state index is -3.83. The number of hydrogen-bond donors (Lipinski definition) is 3. The molecule has 0 heterocycles. The fraction of sp³-hybridized carbons (Fsp3) is 0.818. The first-order chi connectivity index (χ1) is 14.3. The second-order valence-electron chi connectivity index (χ2n) is 10.4. The van der Waals surface area contributed by atoms with Gasteiger partial charge in [0.25, 0.3) is 10.1 Å². The summed E-state index contributed by atoms with van der Waals surface area (Å²) < 4.78 is 29.4. The second-order valence-corrected chi connectivity index (χ2v) is 12.0. The van der Waals surface area contributed by atoms with Crippen molar-refractivity contribution in [3.05, 3.63) is 11.6 Å². The Labute approximate surface area is 182 Å². The molecule has 3 saturated carbocycles. The molecule has 0 amide bonds. The lowest BCUT2D eigenvalue weighted by Gasteiger charge is -2.61. The zero-order chi connectivity index (χ0) is 23.0. The van der Waals surface area contributed by atoms with Crippen LogP contribution in [0.4, 0.5) is 0 Å². The van der Waals surface area contributed by atoms with Crippen LogP contribution in [0.1, 0.15) is 52.4 Å². The molecule has 31 heavy (non-hydrogen) atoms. The van der Waals surface area contributed by atoms with E-state index in [1.165, 1.54) is 0 Å². The molecule has 0 saturated heterocycles. The van der Waals surface area contributed by atoms with E-state index >= 15 is 0 Å². The highest BCUT2D eigenvalue weighted by molar-refractivity contribution is 7.86. The van der Waals surface area contributed by atoms with E-state index in [1.54, 1.807) is 6.08 Å². The average molecular weight is 457 g/mol. The normalized spacial score (nSPS) is 47.2. The molecular formula is C22H32O8S. The molecular weight excluding hydrogens is 424 g/mol. The summed E-state index contributed by atoms with van der Waals surface area (Å²) in [6, 6.07) is 0. The Kier molecular flexibility index (Phi) is 5.34. The summed E-state index contributed by atoms with van der Waals surface area (Å²) in [4.78, 5) is 24.8. The third-order valence-electron chi connectivity index (χ3n) is 9.02. The highest BCUT2D eigenvalue weighted by Gasteiger charge is 2.69. The highest BCUT2D eigenvalue weighted by atomic mass is 32.2. The van der Waals surface area contributed by atoms with Crippen LogP contribution in [-0.2, 0) is 23.9 Å². The minimum Gasteiger partial charge on any atom is -0.393 e. The molecule has 0 bridgehead atoms. The fourth-order valence-corrected chi connectivity index (χ4v) is 8.33. The molecule has 1 unspecified atom stereocenters. The molecule has 174 valence electrons. The number of fused-ring (bicyclic) bond motifs is 5. The molecule has 9 heteroatoms. The van der Waals surface area contributed by atoms with E-state index < -0.39 is 51.1 Å². The first-order valence-corrected chi connectivity index (χ1v) is 12.8. The van der Waals surface area contributed by atoms with Gasteiger partial charge in [-0.1, -0.05) is 19.4 Å². The molecule has 4 rings (SSSR count). The van der Waals surface area contributed by atoms with E-state index in [2.05, 4.69) is 0 Å². The molecule has 8 atom stereocenters. The van der Waals surface area contributed by atoms with Crippen molar-refractivity contribution in [2.24, 2.45) is 28.6 Å². The predicted octanol–water partition coefficient (Wildman–Crippen LogP) is 0.736. The zero-order valence-electron chi connectivity index (χ0n) is 18.2. The van der Waals surface area contributed by atoms with Crippen LogP contribution < -0.4 is 0 Å². The van der Waals surface area contributed by atoms with Crippen LogP contribution in [0, 0.1) is 28.6 Å². The number of aliphatic hydroxyl groups is 3. The molecule has 0 aromatic rings. The van der Waals surface area contributed by atoms with Gasteiger partial charge in [-0.2, -0.15) is 8.42 Å². The molecule has 4 aliphatic rings. The zero-order valence-corrected chi connectivity index (χ0v) is 19.0. The molecule has 4 aliphatic carbocycles. The van der Waals surface area contributed by atoms with Crippen molar-refractivity contribution < 1.29 is 37.5 Å². The van der Waals surface area contributed by atoms with E-state index in [0.717, 1.165) is 11.8 Å². The van der Waals surface area contributed by atoms with Crippen LogP contribution in [0.3, 0.4) is 0 Å². The van der Waals surface area contributed by atoms with Crippen molar-refractivity contribution in [3.8, 4) is 0 Å². The summed E-state index contributed by atoms with van der Waals surface area (Å²) in [5, 5.41) is 32.1. The summed E-state index contributed by atoms with van der Waals surface area (Å²) in [5.74, 6) is -1.31. The maximum absolute atomic E-state index is 12.5. The largest absolute Gasteiger partial charge is 0.393 e. The standard InChI is InChI=1S/C22H32O8S/c1-20-10-16(25)19-14(15(20)6-7-22(20,27)17(26)11-23)5-4-12-8-13(24)9-18(21(12,19)2)30-31(3,28)29/h8,14-16,18-19,23,25,27H,4-7,9-11H2,1-3H3/t14-,15-,16-,18?,19+,20-,21+,22-/m0/s1. The Hall–Kier alpha value is -1.13. The lowest BCUT2D eigenvalue weighted by molar-refractivity contribution is -0.189. The molecule has 8 nitrogen and oxygen atoms in total. The van der Waals surface area contributed by atoms with Gasteiger partial charge < -0.3 is 15.3 Å². The van der Waals surface area contributed by atoms with Crippen LogP contribution in [0.2, 0.25) is 0 Å². The van der Waals surface area contributed by atoms with E-state index in [4.69, 9.17) is 4.18 Å². The smallest absolute Gasteiger partial charge is 0.264 e. The van der Waals surface area contributed by atoms with Gasteiger partial charge in [0.15, 0.2) is 11.6 Å². The number of hydrogen-bond acceptors (Lipinski definition) is 8. The SMILES string of the molecule is C[C@]12C[C@H](O)[C@H]3[C@@H](CCC4=CC(=O)CC(OS(C)(=O)=O)[C@@]43C)[C@@H]1CC[C@]2(O)C(=O)CO. The van der Waals surface area contributed by atoms with Gasteiger partial charge in [0.05, 0.1) is 18.5 Å². The fourth-order valence-electron chi connectivity index (χ4n) is 7.64. The van der Waals surface area contributed by atoms with Crippen molar-refractivity contribution in [2.45, 2.75) is 70.2 Å². The maximum atomic E-state index is 12.5. The predicted molar refractivity (Wildman–Crippen MR) is 110 cm³/mol. The van der Waals surface area contributed by atoms with E-state index in [-0.39, 0.29) is 42.8 Å². The van der Waals surface area contributed by atoms with Crippen LogP contribution in [-0.4, -0.2) is 66.0 Å². The summed E-state index contributed by atoms with van der Waals surface area (Å²) in [6.45, 7) is 2.95. The van der Waals surface area contributed by atoms with Crippen molar-refractivity contribution >= 4 is 21.7 Å². The monoisotopic (exact) mass is 456 g/mol. The Balaban J connectivity index is 1.78. The summed E-state index contributed by atoms with van der Waals surface area (Å²) in [7, 11) is -3.83. The van der Waals surface area contributed by atoms with Crippen molar-refractivity contribution in [1.82, 2.24) is 0 Å². The van der Waals surface area contributed by atoms with Crippen LogP contribution in [0.25, 0.3) is 0 Å². The minimum absolute atomic E-state index is 0.0715. The molecule has 0 aromatic carbocycles. The Morgan fingerprint density at radius 3 is 2.58 bits per heavy atom. The Morgan fingerprint density at radius 2 is 1.97 bits per heavy atom. The van der Waals surface area contributed by atoms with Gasteiger partial charge in [0.1, 0.15) is 12.2 Å². The third-order valence-corrected chi connectivity index (χ3v) is 9.61. The Morgan fingerprint density at radius 1 is 1.29 bits per heavy atom. The maximum Gasteiger partial charge on any atom is 0.264 e.